The fourth-order valence-electron chi connectivity index (χ4n) is 3.75. The molecule has 7 nitrogen and oxygen atoms in total. The lowest BCUT2D eigenvalue weighted by molar-refractivity contribution is -0.120. The van der Waals surface area contributed by atoms with E-state index in [0.29, 0.717) is 55.7 Å². The molecule has 2 heterocycles. The first kappa shape index (κ1) is 20.9. The van der Waals surface area contributed by atoms with Gasteiger partial charge in [0.1, 0.15) is 5.52 Å². The Morgan fingerprint density at radius 2 is 1.81 bits per heavy atom. The molecule has 1 saturated heterocycles. The molecule has 0 bridgehead atoms. The Kier molecular flexibility index (Phi) is 6.21. The summed E-state index contributed by atoms with van der Waals surface area (Å²) in [5.41, 5.74) is 2.64. The smallest absolute Gasteiger partial charge is 0.298 e. The van der Waals surface area contributed by atoms with E-state index in [1.807, 2.05) is 44.2 Å². The summed E-state index contributed by atoms with van der Waals surface area (Å²) in [4.78, 5) is 32.0. The van der Waals surface area contributed by atoms with E-state index in [-0.39, 0.29) is 17.7 Å². The molecule has 0 spiro atoms. The van der Waals surface area contributed by atoms with Crippen molar-refractivity contribution < 1.29 is 14.0 Å². The summed E-state index contributed by atoms with van der Waals surface area (Å²) in [5.74, 6) is 0.0150. The third-order valence-electron chi connectivity index (χ3n) is 5.52. The number of piperidine rings is 1. The van der Waals surface area contributed by atoms with Crippen LogP contribution in [0.2, 0.25) is 0 Å². The second-order valence-corrected chi connectivity index (χ2v) is 8.36. The zero-order valence-corrected chi connectivity index (χ0v) is 17.9. The lowest BCUT2D eigenvalue weighted by Crippen LogP contribution is -2.38. The Bertz CT molecular complexity index is 1030. The van der Waals surface area contributed by atoms with Crippen molar-refractivity contribution in [3.63, 3.8) is 0 Å². The van der Waals surface area contributed by atoms with Gasteiger partial charge in [0.15, 0.2) is 5.58 Å². The Hall–Kier alpha value is -3.35. The monoisotopic (exact) mass is 420 g/mol. The number of benzene rings is 2. The summed E-state index contributed by atoms with van der Waals surface area (Å²) < 4.78 is 5.85. The van der Waals surface area contributed by atoms with Crippen molar-refractivity contribution in [3.05, 3.63) is 54.1 Å². The van der Waals surface area contributed by atoms with Gasteiger partial charge in [0, 0.05) is 25.6 Å². The molecule has 0 saturated carbocycles. The minimum Gasteiger partial charge on any atom is -0.423 e. The number of hydrogen-bond donors (Lipinski definition) is 2. The fraction of sp³-hybridized carbons (Fsp3) is 0.375. The van der Waals surface area contributed by atoms with E-state index in [4.69, 9.17) is 4.42 Å². The molecular weight excluding hydrogens is 392 g/mol. The van der Waals surface area contributed by atoms with Gasteiger partial charge < -0.3 is 20.0 Å². The number of oxazole rings is 1. The second-order valence-electron chi connectivity index (χ2n) is 8.36. The van der Waals surface area contributed by atoms with Crippen LogP contribution in [0.5, 0.6) is 0 Å². The quantitative estimate of drug-likeness (QED) is 0.628. The average Bonchev–Trinajstić information content (AvgIpc) is 3.22. The number of amides is 2. The second kappa shape index (κ2) is 9.20. The molecule has 1 aliphatic rings. The summed E-state index contributed by atoms with van der Waals surface area (Å²) in [7, 11) is 0. The molecule has 0 aliphatic carbocycles. The first-order valence-electron chi connectivity index (χ1n) is 10.8. The third kappa shape index (κ3) is 4.87. The molecule has 1 fully saturated rings. The fourth-order valence-corrected chi connectivity index (χ4v) is 3.75. The van der Waals surface area contributed by atoms with Crippen LogP contribution < -0.4 is 15.5 Å². The highest BCUT2D eigenvalue weighted by molar-refractivity contribution is 6.04. The van der Waals surface area contributed by atoms with Crippen LogP contribution in [0.1, 0.15) is 37.0 Å². The minimum absolute atomic E-state index is 0.0543. The number of fused-ring (bicyclic) bond motifs is 1. The molecule has 2 N–H and O–H groups in total. The molecule has 1 aromatic heterocycles. The normalized spacial score (nSPS) is 14.7. The zero-order valence-electron chi connectivity index (χ0n) is 17.9. The summed E-state index contributed by atoms with van der Waals surface area (Å²) in [6, 6.07) is 15.4. The molecule has 31 heavy (non-hydrogen) atoms. The highest BCUT2D eigenvalue weighted by Crippen LogP contribution is 2.27. The number of aromatic nitrogens is 1. The van der Waals surface area contributed by atoms with Crippen LogP contribution in [-0.2, 0) is 4.79 Å². The molecule has 7 heteroatoms. The van der Waals surface area contributed by atoms with E-state index < -0.39 is 0 Å². The highest BCUT2D eigenvalue weighted by atomic mass is 16.4. The lowest BCUT2D eigenvalue weighted by atomic mass is 9.96. The van der Waals surface area contributed by atoms with Crippen LogP contribution in [0.25, 0.3) is 11.1 Å². The highest BCUT2D eigenvalue weighted by Gasteiger charge is 2.28. The van der Waals surface area contributed by atoms with Crippen LogP contribution in [0.4, 0.5) is 11.7 Å². The van der Waals surface area contributed by atoms with Gasteiger partial charge in [0.25, 0.3) is 11.9 Å². The van der Waals surface area contributed by atoms with Crippen molar-refractivity contribution >= 4 is 34.6 Å². The molecule has 4 rings (SSSR count). The number of hydrogen-bond acceptors (Lipinski definition) is 5. The van der Waals surface area contributed by atoms with Crippen molar-refractivity contribution in [2.24, 2.45) is 11.8 Å². The van der Waals surface area contributed by atoms with Crippen molar-refractivity contribution in [1.29, 1.82) is 0 Å². The number of nitrogens with zero attached hydrogens (tertiary/aromatic N) is 2. The van der Waals surface area contributed by atoms with Gasteiger partial charge in [-0.05, 0) is 43.0 Å². The molecule has 1 aliphatic heterocycles. The number of anilines is 2. The van der Waals surface area contributed by atoms with Gasteiger partial charge in [-0.2, -0.15) is 4.98 Å². The van der Waals surface area contributed by atoms with E-state index in [1.165, 1.54) is 0 Å². The van der Waals surface area contributed by atoms with E-state index in [9.17, 15) is 9.59 Å². The van der Waals surface area contributed by atoms with Gasteiger partial charge >= 0.3 is 0 Å². The number of para-hydroxylation sites is 3. The maximum atomic E-state index is 12.9. The van der Waals surface area contributed by atoms with E-state index in [2.05, 4.69) is 20.5 Å². The zero-order chi connectivity index (χ0) is 21.8. The van der Waals surface area contributed by atoms with Crippen LogP contribution in [-0.4, -0.2) is 36.4 Å². The minimum atomic E-state index is -0.171. The number of carbonyl (C=O) groups is 2. The first-order chi connectivity index (χ1) is 15.0. The summed E-state index contributed by atoms with van der Waals surface area (Å²) in [6.07, 6.45) is 1.40. The van der Waals surface area contributed by atoms with Crippen molar-refractivity contribution in [1.82, 2.24) is 10.3 Å². The van der Waals surface area contributed by atoms with Gasteiger partial charge in [0.2, 0.25) is 5.91 Å². The van der Waals surface area contributed by atoms with Gasteiger partial charge in [-0.25, -0.2) is 0 Å². The predicted octanol–water partition coefficient (Wildman–Crippen LogP) is 4.07. The molecule has 2 aromatic carbocycles. The van der Waals surface area contributed by atoms with Crippen molar-refractivity contribution in [3.8, 4) is 0 Å². The number of carbonyl (C=O) groups excluding carboxylic acids is 2. The molecule has 0 radical (unpaired) electrons. The third-order valence-corrected chi connectivity index (χ3v) is 5.52. The van der Waals surface area contributed by atoms with Crippen molar-refractivity contribution in [2.75, 3.05) is 29.9 Å². The Morgan fingerprint density at radius 1 is 1.10 bits per heavy atom. The molecule has 0 atom stereocenters. The standard InChI is InChI=1S/C24H28N4O3/c1-16(2)15-25-23(30)18-7-3-4-8-19(18)26-22(29)17-11-13-28(14-12-17)24-27-20-9-5-6-10-21(20)31-24/h3-10,16-17H,11-15H2,1-2H3,(H,25,30)(H,26,29). The van der Waals surface area contributed by atoms with Gasteiger partial charge in [0.05, 0.1) is 11.3 Å². The summed E-state index contributed by atoms with van der Waals surface area (Å²) in [5, 5.41) is 5.88. The van der Waals surface area contributed by atoms with Gasteiger partial charge in [-0.15, -0.1) is 0 Å². The molecule has 162 valence electrons. The predicted molar refractivity (Wildman–Crippen MR) is 121 cm³/mol. The van der Waals surface area contributed by atoms with Gasteiger partial charge in [-0.1, -0.05) is 38.1 Å². The maximum Gasteiger partial charge on any atom is 0.298 e. The van der Waals surface area contributed by atoms with Crippen LogP contribution >= 0.6 is 0 Å². The molecule has 3 aromatic rings. The molecule has 2 amide bonds. The Balaban J connectivity index is 1.37. The number of nitrogens with one attached hydrogen (secondary N) is 2. The Morgan fingerprint density at radius 3 is 2.55 bits per heavy atom. The van der Waals surface area contributed by atoms with E-state index >= 15 is 0 Å². The topological polar surface area (TPSA) is 87.5 Å². The summed E-state index contributed by atoms with van der Waals surface area (Å²) in [6.45, 7) is 6.07. The van der Waals surface area contributed by atoms with Crippen LogP contribution in [0.3, 0.4) is 0 Å². The van der Waals surface area contributed by atoms with E-state index in [1.54, 1.807) is 18.2 Å². The van der Waals surface area contributed by atoms with Crippen LogP contribution in [0.15, 0.2) is 52.9 Å². The SMILES string of the molecule is CC(C)CNC(=O)c1ccccc1NC(=O)C1CCN(c2nc3ccccc3o2)CC1. The maximum absolute atomic E-state index is 12.9. The Labute approximate surface area is 181 Å². The summed E-state index contributed by atoms with van der Waals surface area (Å²) >= 11 is 0. The van der Waals surface area contributed by atoms with Gasteiger partial charge in [-0.3, -0.25) is 9.59 Å². The van der Waals surface area contributed by atoms with Crippen LogP contribution in [0, 0.1) is 11.8 Å². The first-order valence-corrected chi connectivity index (χ1v) is 10.8. The molecule has 0 unspecified atom stereocenters. The number of rotatable bonds is 6. The molecular formula is C24H28N4O3. The average molecular weight is 421 g/mol. The van der Waals surface area contributed by atoms with E-state index in [0.717, 1.165) is 11.1 Å². The largest absolute Gasteiger partial charge is 0.423 e. The lowest BCUT2D eigenvalue weighted by Gasteiger charge is -2.30. The van der Waals surface area contributed by atoms with Crippen molar-refractivity contribution in [2.45, 2.75) is 26.7 Å².